The molecule has 2 rings (SSSR count). The summed E-state index contributed by atoms with van der Waals surface area (Å²) in [5, 5.41) is 10.8. The molecule has 0 fully saturated rings. The minimum Gasteiger partial charge on any atom is -0.310 e. The summed E-state index contributed by atoms with van der Waals surface area (Å²) in [6.07, 6.45) is 5.51. The molecule has 102 valence electrons. The van der Waals surface area contributed by atoms with Crippen LogP contribution in [0.2, 0.25) is 0 Å². The Hall–Kier alpha value is -1.68. The van der Waals surface area contributed by atoms with Gasteiger partial charge in [-0.3, -0.25) is 10.1 Å². The molecular formula is C15H22N4. The van der Waals surface area contributed by atoms with Crippen LogP contribution < -0.4 is 5.32 Å². The number of pyridine rings is 1. The summed E-state index contributed by atoms with van der Waals surface area (Å²) < 4.78 is 0. The molecule has 2 aromatic rings. The van der Waals surface area contributed by atoms with Crippen molar-refractivity contribution in [2.75, 3.05) is 0 Å². The number of aromatic nitrogens is 3. The van der Waals surface area contributed by atoms with E-state index >= 15 is 0 Å². The topological polar surface area (TPSA) is 53.6 Å². The Bertz CT molecular complexity index is 510. The summed E-state index contributed by atoms with van der Waals surface area (Å²) >= 11 is 0. The SMILES string of the molecule is CC(NCc1cn[nH]c1-c1cccnc1)C(C)(C)C. The molecule has 0 aliphatic heterocycles. The second kappa shape index (κ2) is 5.53. The molecule has 2 heterocycles. The van der Waals surface area contributed by atoms with Gasteiger partial charge in [0.05, 0.1) is 11.9 Å². The van der Waals surface area contributed by atoms with Crippen molar-refractivity contribution in [1.29, 1.82) is 0 Å². The third-order valence-corrected chi connectivity index (χ3v) is 3.57. The zero-order chi connectivity index (χ0) is 13.9. The number of hydrogen-bond donors (Lipinski definition) is 2. The van der Waals surface area contributed by atoms with E-state index in [2.05, 4.69) is 48.2 Å². The maximum Gasteiger partial charge on any atom is 0.0710 e. The minimum atomic E-state index is 0.248. The maximum atomic E-state index is 4.15. The third-order valence-electron chi connectivity index (χ3n) is 3.57. The van der Waals surface area contributed by atoms with Crippen molar-refractivity contribution in [3.8, 4) is 11.3 Å². The molecule has 2 aromatic heterocycles. The van der Waals surface area contributed by atoms with Crippen LogP contribution in [-0.2, 0) is 6.54 Å². The van der Waals surface area contributed by atoms with Crippen molar-refractivity contribution in [1.82, 2.24) is 20.5 Å². The van der Waals surface area contributed by atoms with Crippen molar-refractivity contribution in [2.24, 2.45) is 5.41 Å². The Morgan fingerprint density at radius 3 is 2.74 bits per heavy atom. The lowest BCUT2D eigenvalue weighted by Gasteiger charge is -2.28. The highest BCUT2D eigenvalue weighted by molar-refractivity contribution is 5.61. The molecule has 2 N–H and O–H groups in total. The molecule has 4 heteroatoms. The Balaban J connectivity index is 2.09. The van der Waals surface area contributed by atoms with Crippen molar-refractivity contribution < 1.29 is 0 Å². The molecule has 0 aliphatic rings. The second-order valence-corrected chi connectivity index (χ2v) is 5.98. The van der Waals surface area contributed by atoms with Gasteiger partial charge in [-0.15, -0.1) is 0 Å². The van der Waals surface area contributed by atoms with Crippen LogP contribution in [0.4, 0.5) is 0 Å². The summed E-state index contributed by atoms with van der Waals surface area (Å²) in [5.41, 5.74) is 3.53. The van der Waals surface area contributed by atoms with Crippen LogP contribution in [0.1, 0.15) is 33.3 Å². The number of aromatic amines is 1. The number of nitrogens with zero attached hydrogens (tertiary/aromatic N) is 2. The Labute approximate surface area is 114 Å². The van der Waals surface area contributed by atoms with Crippen molar-refractivity contribution in [3.63, 3.8) is 0 Å². The van der Waals surface area contributed by atoms with E-state index in [9.17, 15) is 0 Å². The molecular weight excluding hydrogens is 236 g/mol. The van der Waals surface area contributed by atoms with Gasteiger partial charge in [-0.1, -0.05) is 20.8 Å². The molecule has 0 aromatic carbocycles. The van der Waals surface area contributed by atoms with E-state index in [1.807, 2.05) is 24.5 Å². The standard InChI is InChI=1S/C15H22N4/c1-11(15(2,3)4)17-9-13-10-18-19-14(13)12-6-5-7-16-8-12/h5-8,10-11,17H,9H2,1-4H3,(H,18,19). The molecule has 0 amide bonds. The van der Waals surface area contributed by atoms with E-state index in [0.717, 1.165) is 17.8 Å². The van der Waals surface area contributed by atoms with Crippen LogP contribution >= 0.6 is 0 Å². The number of hydrogen-bond acceptors (Lipinski definition) is 3. The molecule has 0 spiro atoms. The lowest BCUT2D eigenvalue weighted by atomic mass is 9.88. The molecule has 0 saturated carbocycles. The highest BCUT2D eigenvalue weighted by Gasteiger charge is 2.19. The van der Waals surface area contributed by atoms with Crippen LogP contribution in [0.15, 0.2) is 30.7 Å². The third kappa shape index (κ3) is 3.41. The van der Waals surface area contributed by atoms with Crippen LogP contribution in [0.25, 0.3) is 11.3 Å². The van der Waals surface area contributed by atoms with Gasteiger partial charge in [0.2, 0.25) is 0 Å². The first-order valence-corrected chi connectivity index (χ1v) is 6.64. The quantitative estimate of drug-likeness (QED) is 0.886. The van der Waals surface area contributed by atoms with Gasteiger partial charge in [-0.2, -0.15) is 5.10 Å². The predicted octanol–water partition coefficient (Wildman–Crippen LogP) is 3.00. The number of H-pyrrole nitrogens is 1. The first-order valence-electron chi connectivity index (χ1n) is 6.64. The molecule has 0 aliphatic carbocycles. The zero-order valence-electron chi connectivity index (χ0n) is 12.1. The normalized spacial score (nSPS) is 13.5. The molecule has 1 atom stereocenters. The molecule has 0 bridgehead atoms. The number of rotatable bonds is 4. The van der Waals surface area contributed by atoms with Gasteiger partial charge in [0, 0.05) is 36.1 Å². The van der Waals surface area contributed by atoms with Crippen molar-refractivity contribution in [2.45, 2.75) is 40.3 Å². The van der Waals surface area contributed by atoms with E-state index in [4.69, 9.17) is 0 Å². The minimum absolute atomic E-state index is 0.248. The fourth-order valence-electron chi connectivity index (χ4n) is 1.77. The maximum absolute atomic E-state index is 4.15. The largest absolute Gasteiger partial charge is 0.310 e. The van der Waals surface area contributed by atoms with Gasteiger partial charge in [-0.25, -0.2) is 0 Å². The van der Waals surface area contributed by atoms with Crippen LogP contribution in [0.5, 0.6) is 0 Å². The van der Waals surface area contributed by atoms with E-state index in [0.29, 0.717) is 6.04 Å². The average molecular weight is 258 g/mol. The smallest absolute Gasteiger partial charge is 0.0710 e. The lowest BCUT2D eigenvalue weighted by molar-refractivity contribution is 0.285. The van der Waals surface area contributed by atoms with E-state index in [-0.39, 0.29) is 5.41 Å². The van der Waals surface area contributed by atoms with Crippen LogP contribution in [-0.4, -0.2) is 21.2 Å². The van der Waals surface area contributed by atoms with Gasteiger partial charge in [0.1, 0.15) is 0 Å². The molecule has 4 nitrogen and oxygen atoms in total. The highest BCUT2D eigenvalue weighted by atomic mass is 15.1. The van der Waals surface area contributed by atoms with E-state index in [1.54, 1.807) is 6.20 Å². The first kappa shape index (κ1) is 13.7. The van der Waals surface area contributed by atoms with Gasteiger partial charge < -0.3 is 5.32 Å². The summed E-state index contributed by atoms with van der Waals surface area (Å²) in [4.78, 5) is 4.15. The van der Waals surface area contributed by atoms with Gasteiger partial charge in [0.25, 0.3) is 0 Å². The Morgan fingerprint density at radius 2 is 2.11 bits per heavy atom. The fraction of sp³-hybridized carbons (Fsp3) is 0.467. The van der Waals surface area contributed by atoms with Gasteiger partial charge in [0.15, 0.2) is 0 Å². The second-order valence-electron chi connectivity index (χ2n) is 5.98. The van der Waals surface area contributed by atoms with Crippen molar-refractivity contribution >= 4 is 0 Å². The van der Waals surface area contributed by atoms with Gasteiger partial charge >= 0.3 is 0 Å². The van der Waals surface area contributed by atoms with E-state index < -0.39 is 0 Å². The summed E-state index contributed by atoms with van der Waals surface area (Å²) in [6.45, 7) is 9.73. The summed E-state index contributed by atoms with van der Waals surface area (Å²) in [7, 11) is 0. The van der Waals surface area contributed by atoms with Crippen LogP contribution in [0.3, 0.4) is 0 Å². The lowest BCUT2D eigenvalue weighted by Crippen LogP contribution is -2.37. The Kier molecular flexibility index (Phi) is 4.00. The van der Waals surface area contributed by atoms with E-state index in [1.165, 1.54) is 5.56 Å². The van der Waals surface area contributed by atoms with Gasteiger partial charge in [-0.05, 0) is 24.5 Å². The van der Waals surface area contributed by atoms with Crippen LogP contribution in [0, 0.1) is 5.41 Å². The molecule has 0 saturated heterocycles. The highest BCUT2D eigenvalue weighted by Crippen LogP contribution is 2.22. The summed E-state index contributed by atoms with van der Waals surface area (Å²) in [5.74, 6) is 0. The average Bonchev–Trinajstić information content (AvgIpc) is 2.84. The number of nitrogens with one attached hydrogen (secondary N) is 2. The first-order chi connectivity index (χ1) is 8.98. The zero-order valence-corrected chi connectivity index (χ0v) is 12.1. The predicted molar refractivity (Wildman–Crippen MR) is 77.6 cm³/mol. The van der Waals surface area contributed by atoms with Crippen molar-refractivity contribution in [3.05, 3.63) is 36.3 Å². The monoisotopic (exact) mass is 258 g/mol. The molecule has 19 heavy (non-hydrogen) atoms. The summed E-state index contributed by atoms with van der Waals surface area (Å²) in [6, 6.07) is 4.41. The Morgan fingerprint density at radius 1 is 1.32 bits per heavy atom. The molecule has 1 unspecified atom stereocenters. The fourth-order valence-corrected chi connectivity index (χ4v) is 1.77. The molecule has 0 radical (unpaired) electrons.